The predicted molar refractivity (Wildman–Crippen MR) is 159 cm³/mol. The van der Waals surface area contributed by atoms with Crippen LogP contribution in [0.1, 0.15) is 66.7 Å². The third-order valence-corrected chi connectivity index (χ3v) is 14.3. The minimum atomic E-state index is -1.82. The lowest BCUT2D eigenvalue weighted by atomic mass is 9.76. The van der Waals surface area contributed by atoms with Gasteiger partial charge in [0.2, 0.25) is 4.87 Å². The fourth-order valence-corrected chi connectivity index (χ4v) is 11.9. The Morgan fingerprint density at radius 2 is 1.76 bits per heavy atom. The van der Waals surface area contributed by atoms with E-state index in [1.54, 1.807) is 20.8 Å². The molecule has 2 bridgehead atoms. The number of Topliss-reactive ketones (excluding diaryl/α,β-unsaturated/α-hetero) is 1. The predicted octanol–water partition coefficient (Wildman–Crippen LogP) is 1.22. The van der Waals surface area contributed by atoms with Crippen molar-refractivity contribution in [2.75, 3.05) is 13.7 Å². The second kappa shape index (κ2) is 10.5. The smallest absolute Gasteiger partial charge is 0.407 e. The second-order valence-corrected chi connectivity index (χ2v) is 16.3. The zero-order valence-corrected chi connectivity index (χ0v) is 27.9. The molecule has 2 aliphatic carbocycles. The SMILES string of the molecule is CC(=O)O[C@H]1[C@]2(OC(C)=O)C[C@]34SS[C@](COC(=O)N[C@H]5CCC[C@H]5C(=O)O)(C(=O)N3[C@@H]2C[C@@]12O[C@H](C)C(C)(C)C2=O)N(C)C4=O. The molecule has 0 aromatic rings. The van der Waals surface area contributed by atoms with Gasteiger partial charge in [-0.3, -0.25) is 28.8 Å². The molecule has 0 aromatic carbocycles. The van der Waals surface area contributed by atoms with Crippen molar-refractivity contribution in [1.29, 1.82) is 0 Å². The van der Waals surface area contributed by atoms with E-state index in [9.17, 15) is 38.7 Å². The van der Waals surface area contributed by atoms with E-state index in [2.05, 4.69) is 5.32 Å². The number of rotatable bonds is 6. The number of hydrogen-bond donors (Lipinski definition) is 2. The highest BCUT2D eigenvalue weighted by molar-refractivity contribution is 8.78. The van der Waals surface area contributed by atoms with Crippen LogP contribution in [0.15, 0.2) is 0 Å². The summed E-state index contributed by atoms with van der Waals surface area (Å²) in [4.78, 5) is 91.9. The van der Waals surface area contributed by atoms with Crippen LogP contribution in [0.5, 0.6) is 0 Å². The minimum absolute atomic E-state index is 0.212. The monoisotopic (exact) mass is 683 g/mol. The summed E-state index contributed by atoms with van der Waals surface area (Å²) in [6.45, 7) is 6.86. The fourth-order valence-electron chi connectivity index (χ4n) is 8.27. The van der Waals surface area contributed by atoms with Crippen LogP contribution in [-0.4, -0.2) is 115 Å². The van der Waals surface area contributed by atoms with Crippen molar-refractivity contribution >= 4 is 63.2 Å². The van der Waals surface area contributed by atoms with Crippen LogP contribution in [0.2, 0.25) is 0 Å². The van der Waals surface area contributed by atoms with E-state index in [1.165, 1.54) is 16.8 Å². The number of hydrogen-bond acceptors (Lipinski definition) is 13. The largest absolute Gasteiger partial charge is 0.481 e. The van der Waals surface area contributed by atoms with E-state index in [0.29, 0.717) is 19.3 Å². The van der Waals surface area contributed by atoms with Gasteiger partial charge in [-0.15, -0.1) is 0 Å². The Morgan fingerprint density at radius 3 is 2.35 bits per heavy atom. The number of aliphatic carboxylic acids is 1. The van der Waals surface area contributed by atoms with Crippen LogP contribution in [-0.2, 0) is 47.7 Å². The van der Waals surface area contributed by atoms with Gasteiger partial charge in [-0.25, -0.2) is 4.79 Å². The Morgan fingerprint density at radius 1 is 1.07 bits per heavy atom. The zero-order valence-electron chi connectivity index (χ0n) is 26.3. The van der Waals surface area contributed by atoms with E-state index in [0.717, 1.165) is 35.4 Å². The van der Waals surface area contributed by atoms with Crippen molar-refractivity contribution in [2.24, 2.45) is 11.3 Å². The number of carboxylic acids is 1. The summed E-state index contributed by atoms with van der Waals surface area (Å²) in [7, 11) is 3.48. The first-order valence-electron chi connectivity index (χ1n) is 15.1. The van der Waals surface area contributed by atoms with Gasteiger partial charge in [0.15, 0.2) is 28.0 Å². The normalized spacial score (nSPS) is 41.9. The van der Waals surface area contributed by atoms with Crippen LogP contribution < -0.4 is 5.32 Å². The lowest BCUT2D eigenvalue weighted by molar-refractivity contribution is -0.202. The van der Waals surface area contributed by atoms with Crippen molar-refractivity contribution in [2.45, 2.75) is 112 Å². The fraction of sp³-hybridized carbons (Fsp3) is 0.759. The molecule has 5 aliphatic heterocycles. The number of ketones is 1. The van der Waals surface area contributed by atoms with Crippen molar-refractivity contribution in [3.63, 3.8) is 0 Å². The number of fused-ring (bicyclic) bond motifs is 3. The average molecular weight is 684 g/mol. The number of esters is 2. The number of amides is 3. The maximum atomic E-state index is 14.7. The molecule has 2 saturated carbocycles. The van der Waals surface area contributed by atoms with Gasteiger partial charge in [0.25, 0.3) is 11.8 Å². The number of ether oxygens (including phenoxy) is 4. The summed E-state index contributed by atoms with van der Waals surface area (Å²) in [6.07, 6.45) is -2.03. The maximum Gasteiger partial charge on any atom is 0.407 e. The van der Waals surface area contributed by atoms with E-state index in [-0.39, 0.29) is 18.6 Å². The molecule has 7 rings (SSSR count). The second-order valence-electron chi connectivity index (χ2n) is 13.6. The first-order valence-corrected chi connectivity index (χ1v) is 17.3. The third-order valence-electron chi connectivity index (χ3n) is 10.7. The van der Waals surface area contributed by atoms with Gasteiger partial charge in [0, 0.05) is 39.8 Å². The number of carbonyl (C=O) groups excluding carboxylic acids is 6. The molecule has 0 unspecified atom stereocenters. The molecule has 5 heterocycles. The van der Waals surface area contributed by atoms with Crippen molar-refractivity contribution in [1.82, 2.24) is 15.1 Å². The molecular weight excluding hydrogens is 646 g/mol. The number of carbonyl (C=O) groups is 7. The maximum absolute atomic E-state index is 14.7. The summed E-state index contributed by atoms with van der Waals surface area (Å²) in [6, 6.07) is -1.76. The highest BCUT2D eigenvalue weighted by Gasteiger charge is 2.86. The van der Waals surface area contributed by atoms with Crippen LogP contribution >= 0.6 is 21.6 Å². The molecule has 252 valence electrons. The van der Waals surface area contributed by atoms with E-state index >= 15 is 0 Å². The van der Waals surface area contributed by atoms with Gasteiger partial charge >= 0.3 is 24.0 Å². The molecule has 0 aromatic heterocycles. The molecule has 2 N–H and O–H groups in total. The zero-order chi connectivity index (χ0) is 33.8. The molecule has 0 radical (unpaired) electrons. The molecular formula is C29H37N3O12S2. The highest BCUT2D eigenvalue weighted by atomic mass is 33.1. The Kier molecular flexibility index (Phi) is 7.49. The van der Waals surface area contributed by atoms with Crippen molar-refractivity contribution < 1.29 is 57.6 Å². The standard InChI is InChI=1S/C29H37N3O12S2/c1-13-25(4,5)20(37)26(43-13)10-18-27(44-15(3)34,21(26)42-14(2)33)11-28-22(38)31(6)29(46-45-28,23(39)32(18)28)12-41-24(40)30-17-9-7-8-16(17)19(35)36/h13,16-18,21H,7-12H2,1-6H3,(H,30,40)(H,35,36)/t13-,16-,17+,18-,21-,26+,27+,28-,29-/m1/s1. The van der Waals surface area contributed by atoms with Gasteiger partial charge in [-0.1, -0.05) is 31.1 Å². The topological polar surface area (TPSA) is 195 Å². The van der Waals surface area contributed by atoms with Gasteiger partial charge < -0.3 is 39.2 Å². The van der Waals surface area contributed by atoms with E-state index in [1.807, 2.05) is 0 Å². The minimum Gasteiger partial charge on any atom is -0.481 e. The molecule has 3 amide bonds. The molecule has 7 aliphatic rings. The first-order chi connectivity index (χ1) is 21.4. The summed E-state index contributed by atoms with van der Waals surface area (Å²) in [5.41, 5.74) is -4.61. The summed E-state index contributed by atoms with van der Waals surface area (Å²) in [5.74, 6) is -4.85. The van der Waals surface area contributed by atoms with Gasteiger partial charge in [0.1, 0.15) is 6.61 Å². The van der Waals surface area contributed by atoms with Gasteiger partial charge in [0.05, 0.1) is 23.5 Å². The lowest BCUT2D eigenvalue weighted by Crippen LogP contribution is -2.77. The molecule has 5 saturated heterocycles. The van der Waals surface area contributed by atoms with E-state index < -0.39 is 99.0 Å². The summed E-state index contributed by atoms with van der Waals surface area (Å²) < 4.78 is 23.7. The highest BCUT2D eigenvalue weighted by Crippen LogP contribution is 2.70. The number of alkyl carbamates (subject to hydrolysis) is 1. The van der Waals surface area contributed by atoms with Crippen molar-refractivity contribution in [3.05, 3.63) is 0 Å². The molecule has 17 heteroatoms. The Balaban J connectivity index is 1.37. The number of carboxylic acid groups (broad SMARTS) is 1. The van der Waals surface area contributed by atoms with Crippen LogP contribution in [0.3, 0.4) is 0 Å². The van der Waals surface area contributed by atoms with Gasteiger partial charge in [-0.05, 0) is 30.6 Å². The Labute approximate surface area is 272 Å². The summed E-state index contributed by atoms with van der Waals surface area (Å²) >= 11 is 0. The lowest BCUT2D eigenvalue weighted by Gasteiger charge is -2.58. The number of likely N-dealkylation sites (N-methyl/N-ethyl adjacent to an activating group) is 1. The molecule has 15 nitrogen and oxygen atoms in total. The van der Waals surface area contributed by atoms with Crippen LogP contribution in [0.25, 0.3) is 0 Å². The van der Waals surface area contributed by atoms with Crippen molar-refractivity contribution in [3.8, 4) is 0 Å². The first kappa shape index (κ1) is 32.9. The number of nitrogens with zero attached hydrogens (tertiary/aromatic N) is 2. The Bertz CT molecular complexity index is 1460. The molecule has 46 heavy (non-hydrogen) atoms. The van der Waals surface area contributed by atoms with Crippen LogP contribution in [0, 0.1) is 11.3 Å². The van der Waals surface area contributed by atoms with Gasteiger partial charge in [-0.2, -0.15) is 0 Å². The summed E-state index contributed by atoms with van der Waals surface area (Å²) in [5, 5.41) is 12.1. The average Bonchev–Trinajstić information content (AvgIpc) is 3.64. The molecule has 7 fully saturated rings. The molecule has 9 atom stereocenters. The number of piperazine rings is 1. The van der Waals surface area contributed by atoms with Crippen LogP contribution in [0.4, 0.5) is 4.79 Å². The Hall–Kier alpha value is -3.05. The van der Waals surface area contributed by atoms with E-state index in [4.69, 9.17) is 18.9 Å². The third kappa shape index (κ3) is 4.19. The number of nitrogens with one attached hydrogen (secondary N) is 1. The molecule has 2 spiro atoms. The quantitative estimate of drug-likeness (QED) is 0.230.